The van der Waals surface area contributed by atoms with Crippen molar-refractivity contribution in [3.05, 3.63) is 12.2 Å². The molecule has 1 saturated carbocycles. The van der Waals surface area contributed by atoms with Crippen LogP contribution < -0.4 is 5.32 Å². The Bertz CT molecular complexity index is 269. The summed E-state index contributed by atoms with van der Waals surface area (Å²) in [6.45, 7) is 12.2. The molecule has 2 aliphatic rings. The van der Waals surface area contributed by atoms with Crippen LogP contribution in [-0.2, 0) is 0 Å². The molecule has 1 aliphatic carbocycles. The first-order valence-electron chi connectivity index (χ1n) is 8.34. The monoisotopic (exact) mass is 264 g/mol. The Labute approximate surface area is 119 Å². The van der Waals surface area contributed by atoms with Gasteiger partial charge in [0.05, 0.1) is 0 Å². The summed E-state index contributed by atoms with van der Waals surface area (Å²) in [4.78, 5) is 2.62. The van der Waals surface area contributed by atoms with Crippen LogP contribution in [0.2, 0.25) is 0 Å². The molecule has 0 atom stereocenters. The van der Waals surface area contributed by atoms with E-state index in [1.165, 1.54) is 70.0 Å². The summed E-state index contributed by atoms with van der Waals surface area (Å²) in [6.07, 6.45) is 11.5. The van der Waals surface area contributed by atoms with Gasteiger partial charge in [-0.3, -0.25) is 4.90 Å². The highest BCUT2D eigenvalue weighted by atomic mass is 15.1. The van der Waals surface area contributed by atoms with Crippen LogP contribution in [0.5, 0.6) is 0 Å². The van der Waals surface area contributed by atoms with Gasteiger partial charge < -0.3 is 5.32 Å². The maximum atomic E-state index is 4.22. The van der Waals surface area contributed by atoms with Crippen molar-refractivity contribution in [1.82, 2.24) is 10.2 Å². The van der Waals surface area contributed by atoms with Gasteiger partial charge in [-0.15, -0.1) is 0 Å². The molecule has 1 N–H and O–H groups in total. The Kier molecular flexibility index (Phi) is 5.90. The number of rotatable bonds is 6. The first-order valence-corrected chi connectivity index (χ1v) is 8.34. The van der Waals surface area contributed by atoms with Crippen molar-refractivity contribution in [3.63, 3.8) is 0 Å². The molecule has 0 aromatic carbocycles. The van der Waals surface area contributed by atoms with E-state index in [1.807, 2.05) is 0 Å². The average molecular weight is 264 g/mol. The number of nitrogens with one attached hydrogen (secondary N) is 1. The summed E-state index contributed by atoms with van der Waals surface area (Å²) < 4.78 is 0. The normalized spacial score (nSPS) is 23.6. The first kappa shape index (κ1) is 15.1. The van der Waals surface area contributed by atoms with Gasteiger partial charge in [0.2, 0.25) is 0 Å². The lowest BCUT2D eigenvalue weighted by Crippen LogP contribution is -2.42. The van der Waals surface area contributed by atoms with Gasteiger partial charge in [0, 0.05) is 13.1 Å². The third-order valence-electron chi connectivity index (χ3n) is 5.08. The van der Waals surface area contributed by atoms with Gasteiger partial charge in [0.15, 0.2) is 0 Å². The molecule has 1 aliphatic heterocycles. The van der Waals surface area contributed by atoms with E-state index in [0.717, 1.165) is 25.0 Å². The molecule has 1 spiro atoms. The first-order chi connectivity index (χ1) is 9.24. The van der Waals surface area contributed by atoms with Crippen LogP contribution in [0.15, 0.2) is 12.2 Å². The molecule has 0 amide bonds. The van der Waals surface area contributed by atoms with Crippen LogP contribution in [0, 0.1) is 5.41 Å². The van der Waals surface area contributed by atoms with Crippen LogP contribution >= 0.6 is 0 Å². The molecule has 110 valence electrons. The van der Waals surface area contributed by atoms with Gasteiger partial charge in [-0.25, -0.2) is 0 Å². The largest absolute Gasteiger partial charge is 0.313 e. The predicted octanol–water partition coefficient (Wildman–Crippen LogP) is 3.59. The Morgan fingerprint density at radius 3 is 2.42 bits per heavy atom. The highest BCUT2D eigenvalue weighted by Gasteiger charge is 2.35. The third-order valence-corrected chi connectivity index (χ3v) is 5.08. The van der Waals surface area contributed by atoms with Crippen LogP contribution in [0.25, 0.3) is 0 Å². The van der Waals surface area contributed by atoms with Crippen molar-refractivity contribution < 1.29 is 0 Å². The van der Waals surface area contributed by atoms with Crippen molar-refractivity contribution in [3.8, 4) is 0 Å². The molecule has 1 heterocycles. The highest BCUT2D eigenvalue weighted by Crippen LogP contribution is 2.44. The summed E-state index contributed by atoms with van der Waals surface area (Å²) in [5, 5.41) is 3.46. The van der Waals surface area contributed by atoms with E-state index >= 15 is 0 Å². The summed E-state index contributed by atoms with van der Waals surface area (Å²) in [5.74, 6) is 0. The summed E-state index contributed by atoms with van der Waals surface area (Å²) in [6, 6.07) is 0. The molecule has 0 aromatic heterocycles. The maximum Gasteiger partial charge on any atom is 0.0202 e. The van der Waals surface area contributed by atoms with E-state index in [2.05, 4.69) is 23.7 Å². The molecule has 2 rings (SSSR count). The molecule has 2 heteroatoms. The number of nitrogens with zero attached hydrogens (tertiary/aromatic N) is 1. The van der Waals surface area contributed by atoms with Crippen molar-refractivity contribution in [1.29, 1.82) is 0 Å². The standard InChI is InChI=1S/C17H32N2/c1-3-11-18-14-16(2)15-19-12-9-17(10-13-19)7-5-4-6-8-17/h18H,2-15H2,1H3. The fraction of sp³-hybridized carbons (Fsp3) is 0.882. The Balaban J connectivity index is 1.66. The van der Waals surface area contributed by atoms with Gasteiger partial charge >= 0.3 is 0 Å². The molecule has 0 radical (unpaired) electrons. The van der Waals surface area contributed by atoms with Crippen LogP contribution in [0.3, 0.4) is 0 Å². The van der Waals surface area contributed by atoms with E-state index in [1.54, 1.807) is 0 Å². The second kappa shape index (κ2) is 7.44. The smallest absolute Gasteiger partial charge is 0.0202 e. The van der Waals surface area contributed by atoms with E-state index in [0.29, 0.717) is 0 Å². The second-order valence-electron chi connectivity index (χ2n) is 6.76. The Morgan fingerprint density at radius 2 is 1.79 bits per heavy atom. The minimum Gasteiger partial charge on any atom is -0.313 e. The second-order valence-corrected chi connectivity index (χ2v) is 6.76. The van der Waals surface area contributed by atoms with Crippen LogP contribution in [0.4, 0.5) is 0 Å². The molecule has 0 unspecified atom stereocenters. The van der Waals surface area contributed by atoms with Gasteiger partial charge in [-0.1, -0.05) is 32.8 Å². The number of hydrogen-bond acceptors (Lipinski definition) is 2. The summed E-state index contributed by atoms with van der Waals surface area (Å²) in [7, 11) is 0. The van der Waals surface area contributed by atoms with E-state index in [9.17, 15) is 0 Å². The zero-order valence-electron chi connectivity index (χ0n) is 12.8. The zero-order valence-corrected chi connectivity index (χ0v) is 12.8. The van der Waals surface area contributed by atoms with E-state index < -0.39 is 0 Å². The number of hydrogen-bond donors (Lipinski definition) is 1. The molecule has 1 saturated heterocycles. The average Bonchev–Trinajstić information content (AvgIpc) is 2.43. The maximum absolute atomic E-state index is 4.22. The molecular formula is C17H32N2. The SMILES string of the molecule is C=C(CNCCC)CN1CCC2(CCCCC2)CC1. The van der Waals surface area contributed by atoms with Crippen LogP contribution in [0.1, 0.15) is 58.3 Å². The van der Waals surface area contributed by atoms with Crippen molar-refractivity contribution in [2.45, 2.75) is 58.3 Å². The quantitative estimate of drug-likeness (QED) is 0.582. The highest BCUT2D eigenvalue weighted by molar-refractivity contribution is 5.01. The summed E-state index contributed by atoms with van der Waals surface area (Å²) >= 11 is 0. The molecule has 19 heavy (non-hydrogen) atoms. The molecule has 0 bridgehead atoms. The zero-order chi connectivity index (χ0) is 13.6. The fourth-order valence-corrected chi connectivity index (χ4v) is 3.80. The molecule has 2 nitrogen and oxygen atoms in total. The Hall–Kier alpha value is -0.340. The molecular weight excluding hydrogens is 232 g/mol. The lowest BCUT2D eigenvalue weighted by atomic mass is 9.68. The van der Waals surface area contributed by atoms with Crippen LogP contribution in [-0.4, -0.2) is 37.6 Å². The van der Waals surface area contributed by atoms with Crippen molar-refractivity contribution >= 4 is 0 Å². The van der Waals surface area contributed by atoms with Gasteiger partial charge in [0.1, 0.15) is 0 Å². The van der Waals surface area contributed by atoms with Gasteiger partial charge in [0.25, 0.3) is 0 Å². The van der Waals surface area contributed by atoms with Crippen molar-refractivity contribution in [2.24, 2.45) is 5.41 Å². The molecule has 0 aromatic rings. The fourth-order valence-electron chi connectivity index (χ4n) is 3.80. The lowest BCUT2D eigenvalue weighted by molar-refractivity contribution is 0.0723. The van der Waals surface area contributed by atoms with Gasteiger partial charge in [-0.2, -0.15) is 0 Å². The summed E-state index contributed by atoms with van der Waals surface area (Å²) in [5.41, 5.74) is 2.09. The lowest BCUT2D eigenvalue weighted by Gasteiger charge is -2.44. The number of piperidine rings is 1. The van der Waals surface area contributed by atoms with Crippen molar-refractivity contribution in [2.75, 3.05) is 32.7 Å². The van der Waals surface area contributed by atoms with Gasteiger partial charge in [-0.05, 0) is 62.7 Å². The minimum atomic E-state index is 0.733. The van der Waals surface area contributed by atoms with E-state index in [4.69, 9.17) is 0 Å². The molecule has 2 fully saturated rings. The predicted molar refractivity (Wildman–Crippen MR) is 83.5 cm³/mol. The third kappa shape index (κ3) is 4.61. The topological polar surface area (TPSA) is 15.3 Å². The number of likely N-dealkylation sites (tertiary alicyclic amines) is 1. The Morgan fingerprint density at radius 1 is 1.11 bits per heavy atom. The van der Waals surface area contributed by atoms with E-state index in [-0.39, 0.29) is 0 Å². The minimum absolute atomic E-state index is 0.733.